The second-order valence-electron chi connectivity index (χ2n) is 12.1. The van der Waals surface area contributed by atoms with Crippen LogP contribution in [0, 0.1) is 18.3 Å². The Bertz CT molecular complexity index is 2000. The molecule has 0 spiro atoms. The number of anilines is 2. The first kappa shape index (κ1) is 33.0. The molecule has 1 atom stereocenters. The molecule has 5 heterocycles. The minimum absolute atomic E-state index is 0.00636. The third kappa shape index (κ3) is 7.32. The molecule has 10 nitrogen and oxygen atoms in total. The lowest BCUT2D eigenvalue weighted by Gasteiger charge is -2.33. The average Bonchev–Trinajstić information content (AvgIpc) is 3.64. The zero-order chi connectivity index (χ0) is 34.0. The van der Waals surface area contributed by atoms with Gasteiger partial charge in [0.15, 0.2) is 0 Å². The molecule has 1 saturated heterocycles. The van der Waals surface area contributed by atoms with E-state index in [1.807, 2.05) is 17.6 Å². The molecule has 1 aromatic carbocycles. The van der Waals surface area contributed by atoms with Crippen molar-refractivity contribution in [3.8, 4) is 6.07 Å². The van der Waals surface area contributed by atoms with Gasteiger partial charge in [-0.15, -0.1) is 11.3 Å². The van der Waals surface area contributed by atoms with Crippen molar-refractivity contribution in [1.82, 2.24) is 29.4 Å². The van der Waals surface area contributed by atoms with Crippen molar-refractivity contribution in [1.29, 1.82) is 5.26 Å². The fraction of sp³-hybridized carbons (Fsp3) is 0.353. The third-order valence-electron chi connectivity index (χ3n) is 8.78. The second kappa shape index (κ2) is 13.7. The number of nitriles is 1. The van der Waals surface area contributed by atoms with Crippen LogP contribution in [0.15, 0.2) is 55.6 Å². The number of thiophene rings is 1. The normalized spacial score (nSPS) is 15.0. The summed E-state index contributed by atoms with van der Waals surface area (Å²) in [6.45, 7) is 10.6. The third-order valence-corrected chi connectivity index (χ3v) is 9.82. The number of likely N-dealkylation sites (tertiary alicyclic amines) is 1. The number of halogens is 3. The number of carbonyl (C=O) groups excluding carboxylic acids is 1. The summed E-state index contributed by atoms with van der Waals surface area (Å²) >= 11 is 1.05. The molecule has 0 saturated carbocycles. The molecule has 0 aliphatic carbocycles. The summed E-state index contributed by atoms with van der Waals surface area (Å²) in [6.07, 6.45) is 2.41. The lowest BCUT2D eigenvalue weighted by Crippen LogP contribution is -2.39. The Balaban J connectivity index is 1.10. The molecule has 4 aromatic heterocycles. The van der Waals surface area contributed by atoms with Crippen molar-refractivity contribution in [2.45, 2.75) is 64.3 Å². The number of alkyl halides is 3. The summed E-state index contributed by atoms with van der Waals surface area (Å²) in [7, 11) is 0. The van der Waals surface area contributed by atoms with Crippen LogP contribution in [-0.2, 0) is 24.3 Å². The SMILES string of the molecule is C=CC(=O)Nc1ncc(C(C)Cn2c(C#N)cc3c(C)c(CN4CCC(Nc5ncnc6sc(CC(F)(F)F)cc56)CC4)ccc32)cn1. The van der Waals surface area contributed by atoms with E-state index in [0.717, 1.165) is 71.9 Å². The summed E-state index contributed by atoms with van der Waals surface area (Å²) in [5.74, 6) is 0.412. The number of hydrogen-bond acceptors (Lipinski definition) is 9. The predicted octanol–water partition coefficient (Wildman–Crippen LogP) is 6.73. The van der Waals surface area contributed by atoms with Gasteiger partial charge in [0.2, 0.25) is 11.9 Å². The van der Waals surface area contributed by atoms with Crippen LogP contribution in [0.3, 0.4) is 0 Å². The Morgan fingerprint density at radius 1 is 1.17 bits per heavy atom. The summed E-state index contributed by atoms with van der Waals surface area (Å²) < 4.78 is 40.9. The van der Waals surface area contributed by atoms with Gasteiger partial charge in [-0.25, -0.2) is 19.9 Å². The number of piperidine rings is 1. The number of fused-ring (bicyclic) bond motifs is 2. The maximum Gasteiger partial charge on any atom is 0.393 e. The molecule has 48 heavy (non-hydrogen) atoms. The lowest BCUT2D eigenvalue weighted by atomic mass is 10.0. The van der Waals surface area contributed by atoms with Crippen molar-refractivity contribution in [2.24, 2.45) is 0 Å². The van der Waals surface area contributed by atoms with Crippen LogP contribution in [0.2, 0.25) is 0 Å². The Morgan fingerprint density at radius 2 is 1.92 bits per heavy atom. The fourth-order valence-corrected chi connectivity index (χ4v) is 7.18. The smallest absolute Gasteiger partial charge is 0.367 e. The number of carbonyl (C=O) groups is 1. The molecule has 1 unspecified atom stereocenters. The molecule has 248 valence electrons. The largest absolute Gasteiger partial charge is 0.393 e. The number of hydrogen-bond donors (Lipinski definition) is 2. The summed E-state index contributed by atoms with van der Waals surface area (Å²) in [6, 6.07) is 10.2. The standard InChI is InChI=1S/C34H34F3N9OS/c1-4-30(47)44-33-39-15-23(16-40-33)20(2)17-46-25(14-38)11-27-21(3)22(5-6-29(27)46)18-45-9-7-24(8-10-45)43-31-28-12-26(13-34(35,36)37)48-32(28)42-19-41-31/h4-6,11-12,15-16,19-20,24H,1,7-10,13,17-18H2,2-3H3,(H,41,42,43)(H,39,40,44,47). The average molecular weight is 674 g/mol. The van der Waals surface area contributed by atoms with Gasteiger partial charge >= 0.3 is 6.18 Å². The van der Waals surface area contributed by atoms with Gasteiger partial charge in [0.25, 0.3) is 0 Å². The van der Waals surface area contributed by atoms with Crippen molar-refractivity contribution >= 4 is 50.1 Å². The highest BCUT2D eigenvalue weighted by molar-refractivity contribution is 7.18. The molecule has 1 amide bonds. The number of aromatic nitrogens is 5. The van der Waals surface area contributed by atoms with Crippen LogP contribution in [0.25, 0.3) is 21.1 Å². The van der Waals surface area contributed by atoms with Gasteiger partial charge in [0.1, 0.15) is 28.7 Å². The molecule has 5 aromatic rings. The molecule has 0 radical (unpaired) electrons. The van der Waals surface area contributed by atoms with E-state index >= 15 is 0 Å². The van der Waals surface area contributed by atoms with E-state index in [9.17, 15) is 23.2 Å². The molecule has 2 N–H and O–H groups in total. The molecular weight excluding hydrogens is 639 g/mol. The van der Waals surface area contributed by atoms with Gasteiger partial charge in [-0.3, -0.25) is 15.0 Å². The number of aryl methyl sites for hydroxylation is 1. The molecule has 1 fully saturated rings. The number of benzene rings is 1. The molecule has 6 rings (SSSR count). The summed E-state index contributed by atoms with van der Waals surface area (Å²) in [5.41, 5.74) is 4.78. The Morgan fingerprint density at radius 3 is 2.60 bits per heavy atom. The van der Waals surface area contributed by atoms with Crippen LogP contribution >= 0.6 is 11.3 Å². The fourth-order valence-electron chi connectivity index (χ4n) is 6.15. The number of nitrogens with zero attached hydrogens (tertiary/aromatic N) is 7. The van der Waals surface area contributed by atoms with E-state index in [1.165, 1.54) is 11.9 Å². The van der Waals surface area contributed by atoms with Gasteiger partial charge in [-0.2, -0.15) is 18.4 Å². The highest BCUT2D eigenvalue weighted by Crippen LogP contribution is 2.34. The van der Waals surface area contributed by atoms with Crippen molar-refractivity contribution < 1.29 is 18.0 Å². The Hall–Kier alpha value is -4.87. The molecule has 1 aliphatic rings. The highest BCUT2D eigenvalue weighted by atomic mass is 32.1. The monoisotopic (exact) mass is 673 g/mol. The van der Waals surface area contributed by atoms with Gasteiger partial charge < -0.3 is 9.88 Å². The van der Waals surface area contributed by atoms with Crippen LogP contribution in [0.5, 0.6) is 0 Å². The van der Waals surface area contributed by atoms with Crippen LogP contribution in [-0.4, -0.2) is 60.6 Å². The van der Waals surface area contributed by atoms with Crippen molar-refractivity contribution in [2.75, 3.05) is 23.7 Å². The van der Waals surface area contributed by atoms with Crippen molar-refractivity contribution in [3.63, 3.8) is 0 Å². The van der Waals surface area contributed by atoms with Crippen molar-refractivity contribution in [3.05, 3.63) is 82.9 Å². The molecule has 14 heteroatoms. The van der Waals surface area contributed by atoms with Crippen LogP contribution in [0.4, 0.5) is 24.9 Å². The van der Waals surface area contributed by atoms with Crippen LogP contribution in [0.1, 0.15) is 52.9 Å². The van der Waals surface area contributed by atoms with E-state index in [2.05, 4.69) is 67.2 Å². The minimum atomic E-state index is -4.27. The topological polar surface area (TPSA) is 125 Å². The zero-order valence-electron chi connectivity index (χ0n) is 26.5. The maximum absolute atomic E-state index is 12.9. The van der Waals surface area contributed by atoms with E-state index in [0.29, 0.717) is 28.3 Å². The Labute approximate surface area is 279 Å². The zero-order valence-corrected chi connectivity index (χ0v) is 27.3. The lowest BCUT2D eigenvalue weighted by molar-refractivity contribution is -0.126. The number of nitrogens with one attached hydrogen (secondary N) is 2. The van der Waals surface area contributed by atoms with E-state index in [1.54, 1.807) is 18.5 Å². The first-order chi connectivity index (χ1) is 23.0. The van der Waals surface area contributed by atoms with Gasteiger partial charge in [-0.05, 0) is 60.7 Å². The molecule has 1 aliphatic heterocycles. The number of rotatable bonds is 10. The predicted molar refractivity (Wildman–Crippen MR) is 180 cm³/mol. The quantitative estimate of drug-likeness (QED) is 0.157. The van der Waals surface area contributed by atoms with E-state index in [4.69, 9.17) is 0 Å². The van der Waals surface area contributed by atoms with E-state index < -0.39 is 12.6 Å². The Kier molecular flexibility index (Phi) is 9.43. The molecule has 0 bridgehead atoms. The minimum Gasteiger partial charge on any atom is -0.367 e. The first-order valence-electron chi connectivity index (χ1n) is 15.6. The molecular formula is C34H34F3N9OS. The van der Waals surface area contributed by atoms with Gasteiger partial charge in [0, 0.05) is 66.3 Å². The second-order valence-corrected chi connectivity index (χ2v) is 13.2. The van der Waals surface area contributed by atoms with E-state index in [-0.39, 0.29) is 28.7 Å². The first-order valence-corrected chi connectivity index (χ1v) is 16.4. The summed E-state index contributed by atoms with van der Waals surface area (Å²) in [5, 5.41) is 17.7. The van der Waals surface area contributed by atoms with Gasteiger partial charge in [-0.1, -0.05) is 19.6 Å². The van der Waals surface area contributed by atoms with Crippen LogP contribution < -0.4 is 10.6 Å². The highest BCUT2D eigenvalue weighted by Gasteiger charge is 2.29. The maximum atomic E-state index is 12.9. The summed E-state index contributed by atoms with van der Waals surface area (Å²) in [4.78, 5) is 31.7. The van der Waals surface area contributed by atoms with Gasteiger partial charge in [0.05, 0.1) is 11.8 Å². The number of amides is 1.